The zero-order valence-corrected chi connectivity index (χ0v) is 10.5. The number of amidine groups is 1. The first-order valence-corrected chi connectivity index (χ1v) is 6.69. The highest BCUT2D eigenvalue weighted by Gasteiger charge is 2.36. The topological polar surface area (TPSA) is 78.9 Å². The van der Waals surface area contributed by atoms with Gasteiger partial charge in [0.25, 0.3) is 0 Å². The van der Waals surface area contributed by atoms with Crippen molar-refractivity contribution >= 4 is 11.7 Å². The first kappa shape index (κ1) is 11.4. The van der Waals surface area contributed by atoms with Gasteiger partial charge in [-0.2, -0.15) is 0 Å². The van der Waals surface area contributed by atoms with Gasteiger partial charge in [-0.15, -0.1) is 0 Å². The molecule has 5 nitrogen and oxygen atoms in total. The molecule has 1 aliphatic carbocycles. The standard InChI is InChI=1S/C13H19N5/c14-13(15)10-7-17-12(8-16-10)18-6-5-9-3-1-2-4-11(9)18/h7-9,11H,1-6H2,(H3,14,15). The third kappa shape index (κ3) is 1.94. The number of nitrogens with one attached hydrogen (secondary N) is 1. The molecule has 18 heavy (non-hydrogen) atoms. The van der Waals surface area contributed by atoms with Crippen molar-refractivity contribution in [2.75, 3.05) is 11.4 Å². The molecule has 0 spiro atoms. The van der Waals surface area contributed by atoms with E-state index in [1.54, 1.807) is 12.4 Å². The third-order valence-electron chi connectivity index (χ3n) is 4.22. The minimum absolute atomic E-state index is 0.0222. The molecule has 2 unspecified atom stereocenters. The molecule has 0 radical (unpaired) electrons. The van der Waals surface area contributed by atoms with Gasteiger partial charge in [-0.1, -0.05) is 12.8 Å². The number of nitrogens with two attached hydrogens (primary N) is 1. The number of hydrogen-bond acceptors (Lipinski definition) is 4. The second-order valence-electron chi connectivity index (χ2n) is 5.27. The predicted octanol–water partition coefficient (Wildman–Crippen LogP) is 1.53. The fourth-order valence-corrected chi connectivity index (χ4v) is 3.30. The Morgan fingerprint density at radius 1 is 1.22 bits per heavy atom. The van der Waals surface area contributed by atoms with Crippen LogP contribution in [0.1, 0.15) is 37.8 Å². The van der Waals surface area contributed by atoms with Crippen LogP contribution in [0.3, 0.4) is 0 Å². The van der Waals surface area contributed by atoms with Crippen LogP contribution < -0.4 is 10.6 Å². The van der Waals surface area contributed by atoms with Gasteiger partial charge in [-0.25, -0.2) is 9.97 Å². The van der Waals surface area contributed by atoms with E-state index in [4.69, 9.17) is 11.1 Å². The Bertz CT molecular complexity index is 441. The van der Waals surface area contributed by atoms with Crippen molar-refractivity contribution in [2.24, 2.45) is 11.7 Å². The van der Waals surface area contributed by atoms with Crippen molar-refractivity contribution in [3.05, 3.63) is 18.1 Å². The second kappa shape index (κ2) is 4.55. The highest BCUT2D eigenvalue weighted by atomic mass is 15.2. The van der Waals surface area contributed by atoms with Gasteiger partial charge in [0.15, 0.2) is 0 Å². The number of fused-ring (bicyclic) bond motifs is 1. The SMILES string of the molecule is N=C(N)c1cnc(N2CCC3CCCCC32)cn1. The highest BCUT2D eigenvalue weighted by Crippen LogP contribution is 2.37. The summed E-state index contributed by atoms with van der Waals surface area (Å²) in [7, 11) is 0. The van der Waals surface area contributed by atoms with Gasteiger partial charge >= 0.3 is 0 Å². The first-order chi connectivity index (χ1) is 8.75. The van der Waals surface area contributed by atoms with Crippen LogP contribution in [0.5, 0.6) is 0 Å². The van der Waals surface area contributed by atoms with E-state index < -0.39 is 0 Å². The zero-order chi connectivity index (χ0) is 12.5. The number of nitrogen functional groups attached to an aromatic ring is 1. The average Bonchev–Trinajstić information content (AvgIpc) is 2.82. The largest absolute Gasteiger partial charge is 0.382 e. The molecule has 2 heterocycles. The molecule has 1 aromatic rings. The molecule has 3 rings (SSSR count). The molecule has 1 aliphatic heterocycles. The fourth-order valence-electron chi connectivity index (χ4n) is 3.30. The van der Waals surface area contributed by atoms with Gasteiger partial charge in [0, 0.05) is 12.6 Å². The number of rotatable bonds is 2. The number of hydrogen-bond donors (Lipinski definition) is 2. The zero-order valence-electron chi connectivity index (χ0n) is 10.5. The van der Waals surface area contributed by atoms with Gasteiger partial charge in [0.1, 0.15) is 17.3 Å². The van der Waals surface area contributed by atoms with Crippen LogP contribution in [0, 0.1) is 11.3 Å². The Morgan fingerprint density at radius 3 is 2.78 bits per heavy atom. The van der Waals surface area contributed by atoms with E-state index >= 15 is 0 Å². The monoisotopic (exact) mass is 245 g/mol. The quantitative estimate of drug-likeness (QED) is 0.611. The van der Waals surface area contributed by atoms with Gasteiger partial charge in [0.2, 0.25) is 0 Å². The molecule has 5 heteroatoms. The molecule has 96 valence electrons. The summed E-state index contributed by atoms with van der Waals surface area (Å²) in [5.41, 5.74) is 5.85. The summed E-state index contributed by atoms with van der Waals surface area (Å²) < 4.78 is 0. The van der Waals surface area contributed by atoms with E-state index in [1.807, 2.05) is 0 Å². The van der Waals surface area contributed by atoms with E-state index in [1.165, 1.54) is 32.1 Å². The highest BCUT2D eigenvalue weighted by molar-refractivity contribution is 5.92. The summed E-state index contributed by atoms with van der Waals surface area (Å²) in [4.78, 5) is 11.0. The molecule has 1 saturated carbocycles. The lowest BCUT2D eigenvalue weighted by atomic mass is 9.85. The van der Waals surface area contributed by atoms with Crippen molar-refractivity contribution in [3.63, 3.8) is 0 Å². The van der Waals surface area contributed by atoms with Crippen molar-refractivity contribution in [1.82, 2.24) is 9.97 Å². The lowest BCUT2D eigenvalue weighted by molar-refractivity contribution is 0.341. The predicted molar refractivity (Wildman–Crippen MR) is 70.8 cm³/mol. The molecule has 0 bridgehead atoms. The summed E-state index contributed by atoms with van der Waals surface area (Å²) in [5, 5.41) is 7.32. The summed E-state index contributed by atoms with van der Waals surface area (Å²) in [6.07, 6.45) is 9.99. The molecule has 0 aromatic carbocycles. The summed E-state index contributed by atoms with van der Waals surface area (Å²) in [5.74, 6) is 1.76. The Labute approximate surface area is 107 Å². The van der Waals surface area contributed by atoms with E-state index in [0.29, 0.717) is 11.7 Å². The average molecular weight is 245 g/mol. The number of nitrogens with zero attached hydrogens (tertiary/aromatic N) is 3. The first-order valence-electron chi connectivity index (χ1n) is 6.69. The van der Waals surface area contributed by atoms with Crippen LogP contribution in [-0.2, 0) is 0 Å². The molecule has 2 aliphatic rings. The van der Waals surface area contributed by atoms with Gasteiger partial charge in [0.05, 0.1) is 12.4 Å². The van der Waals surface area contributed by atoms with Crippen molar-refractivity contribution in [1.29, 1.82) is 5.41 Å². The summed E-state index contributed by atoms with van der Waals surface area (Å²) >= 11 is 0. The maximum Gasteiger partial charge on any atom is 0.147 e. The smallest absolute Gasteiger partial charge is 0.147 e. The van der Waals surface area contributed by atoms with Crippen LogP contribution >= 0.6 is 0 Å². The van der Waals surface area contributed by atoms with Crippen molar-refractivity contribution in [2.45, 2.75) is 38.1 Å². The molecule has 2 fully saturated rings. The van der Waals surface area contributed by atoms with Gasteiger partial charge in [-0.05, 0) is 25.2 Å². The third-order valence-corrected chi connectivity index (χ3v) is 4.22. The van der Waals surface area contributed by atoms with Crippen LogP contribution in [0.4, 0.5) is 5.82 Å². The van der Waals surface area contributed by atoms with Crippen LogP contribution in [0.15, 0.2) is 12.4 Å². The van der Waals surface area contributed by atoms with Crippen molar-refractivity contribution in [3.8, 4) is 0 Å². The fraction of sp³-hybridized carbons (Fsp3) is 0.615. The van der Waals surface area contributed by atoms with Gasteiger partial charge in [-0.3, -0.25) is 5.41 Å². The van der Waals surface area contributed by atoms with Gasteiger partial charge < -0.3 is 10.6 Å². The van der Waals surface area contributed by atoms with Crippen LogP contribution in [0.25, 0.3) is 0 Å². The molecule has 1 aromatic heterocycles. The lowest BCUT2D eigenvalue weighted by Gasteiger charge is -2.32. The van der Waals surface area contributed by atoms with Crippen LogP contribution in [0.2, 0.25) is 0 Å². The molecule has 3 N–H and O–H groups in total. The van der Waals surface area contributed by atoms with E-state index in [-0.39, 0.29) is 5.84 Å². The number of anilines is 1. The number of aromatic nitrogens is 2. The van der Waals surface area contributed by atoms with Crippen LogP contribution in [-0.4, -0.2) is 28.4 Å². The molecule has 0 amide bonds. The minimum atomic E-state index is -0.0222. The molecule has 2 atom stereocenters. The lowest BCUT2D eigenvalue weighted by Crippen LogP contribution is -2.35. The summed E-state index contributed by atoms with van der Waals surface area (Å²) in [6.45, 7) is 1.09. The minimum Gasteiger partial charge on any atom is -0.382 e. The molecular weight excluding hydrogens is 226 g/mol. The summed E-state index contributed by atoms with van der Waals surface area (Å²) in [6, 6.07) is 0.649. The maximum absolute atomic E-state index is 7.32. The Balaban J connectivity index is 1.80. The Hall–Kier alpha value is -1.65. The van der Waals surface area contributed by atoms with E-state index in [0.717, 1.165) is 18.3 Å². The molecular formula is C13H19N5. The normalized spacial score (nSPS) is 27.0. The van der Waals surface area contributed by atoms with E-state index in [9.17, 15) is 0 Å². The Kier molecular flexibility index (Phi) is 2.89. The molecule has 1 saturated heterocycles. The van der Waals surface area contributed by atoms with E-state index in [2.05, 4.69) is 14.9 Å². The Morgan fingerprint density at radius 2 is 2.06 bits per heavy atom. The maximum atomic E-state index is 7.32. The van der Waals surface area contributed by atoms with Crippen molar-refractivity contribution < 1.29 is 0 Å². The second-order valence-corrected chi connectivity index (χ2v) is 5.27.